The summed E-state index contributed by atoms with van der Waals surface area (Å²) in [6, 6.07) is 14.0. The van der Waals surface area contributed by atoms with E-state index in [2.05, 4.69) is 0 Å². The number of carbonyl (C=O) groups excluding carboxylic acids is 2. The Morgan fingerprint density at radius 3 is 2.33 bits per heavy atom. The van der Waals surface area contributed by atoms with Crippen LogP contribution in [-0.4, -0.2) is 31.3 Å². The SMILES string of the molecule is Cc1cc(C(=O)COC(=O)c2cccc(Cl)c2)c(C)n1-c1ccc(S(N)(=O)=O)cc1. The van der Waals surface area contributed by atoms with Gasteiger partial charge in [0, 0.05) is 27.7 Å². The highest BCUT2D eigenvalue weighted by Crippen LogP contribution is 2.22. The van der Waals surface area contributed by atoms with Crippen LogP contribution in [0.25, 0.3) is 5.69 Å². The number of Topliss-reactive ketones (excluding diaryl/α,β-unsaturated/α-hetero) is 1. The molecule has 2 aromatic carbocycles. The molecule has 0 fully saturated rings. The van der Waals surface area contributed by atoms with E-state index >= 15 is 0 Å². The summed E-state index contributed by atoms with van der Waals surface area (Å²) in [7, 11) is -3.79. The molecule has 0 aliphatic heterocycles. The number of ketones is 1. The largest absolute Gasteiger partial charge is 0.454 e. The molecule has 0 aliphatic carbocycles. The fraction of sp³-hybridized carbons (Fsp3) is 0.143. The van der Waals surface area contributed by atoms with Crippen molar-refractivity contribution in [3.8, 4) is 5.69 Å². The lowest BCUT2D eigenvalue weighted by Crippen LogP contribution is -2.15. The summed E-state index contributed by atoms with van der Waals surface area (Å²) in [4.78, 5) is 24.8. The van der Waals surface area contributed by atoms with Crippen molar-refractivity contribution in [2.24, 2.45) is 5.14 Å². The number of hydrogen-bond donors (Lipinski definition) is 1. The van der Waals surface area contributed by atoms with Crippen molar-refractivity contribution in [2.45, 2.75) is 18.7 Å². The monoisotopic (exact) mass is 446 g/mol. The fourth-order valence-corrected chi connectivity index (χ4v) is 3.84. The molecule has 3 rings (SSSR count). The molecule has 0 aliphatic rings. The van der Waals surface area contributed by atoms with Gasteiger partial charge in [0.1, 0.15) is 0 Å². The first-order chi connectivity index (χ1) is 14.1. The predicted molar refractivity (Wildman–Crippen MR) is 113 cm³/mol. The maximum atomic E-state index is 12.6. The van der Waals surface area contributed by atoms with Crippen LogP contribution in [0.3, 0.4) is 0 Å². The average Bonchev–Trinajstić information content (AvgIpc) is 2.99. The number of primary sulfonamides is 1. The minimum Gasteiger partial charge on any atom is -0.454 e. The Hall–Kier alpha value is -2.94. The van der Waals surface area contributed by atoms with Crippen molar-refractivity contribution in [1.29, 1.82) is 0 Å². The maximum absolute atomic E-state index is 12.6. The zero-order valence-electron chi connectivity index (χ0n) is 16.3. The van der Waals surface area contributed by atoms with Crippen molar-refractivity contribution in [3.05, 3.63) is 82.1 Å². The Bertz CT molecular complexity index is 1230. The summed E-state index contributed by atoms with van der Waals surface area (Å²) < 4.78 is 29.8. The van der Waals surface area contributed by atoms with Crippen LogP contribution in [0.5, 0.6) is 0 Å². The van der Waals surface area contributed by atoms with Gasteiger partial charge in [0.2, 0.25) is 15.8 Å². The highest BCUT2D eigenvalue weighted by atomic mass is 35.5. The van der Waals surface area contributed by atoms with Crippen LogP contribution in [0.1, 0.15) is 32.1 Å². The number of esters is 1. The third kappa shape index (κ3) is 4.62. The number of sulfonamides is 1. The number of nitrogens with zero attached hydrogens (tertiary/aromatic N) is 1. The van der Waals surface area contributed by atoms with E-state index in [0.717, 1.165) is 5.69 Å². The van der Waals surface area contributed by atoms with Crippen molar-refractivity contribution >= 4 is 33.4 Å². The first-order valence-corrected chi connectivity index (χ1v) is 10.8. The Balaban J connectivity index is 1.79. The number of hydrogen-bond acceptors (Lipinski definition) is 5. The van der Waals surface area contributed by atoms with E-state index in [9.17, 15) is 18.0 Å². The van der Waals surface area contributed by atoms with Crippen molar-refractivity contribution < 1.29 is 22.7 Å². The van der Waals surface area contributed by atoms with E-state index in [0.29, 0.717) is 22.0 Å². The molecule has 0 unspecified atom stereocenters. The molecule has 0 amide bonds. The van der Waals surface area contributed by atoms with Crippen molar-refractivity contribution in [2.75, 3.05) is 6.61 Å². The molecule has 1 aromatic heterocycles. The van der Waals surface area contributed by atoms with Gasteiger partial charge in [-0.3, -0.25) is 4.79 Å². The lowest BCUT2D eigenvalue weighted by molar-refractivity contribution is 0.0474. The first kappa shape index (κ1) is 21.8. The minimum absolute atomic E-state index is 0.00191. The zero-order chi connectivity index (χ0) is 22.1. The molecule has 30 heavy (non-hydrogen) atoms. The molecular formula is C21H19ClN2O5S. The predicted octanol–water partition coefficient (Wildman–Crippen LogP) is 3.43. The zero-order valence-corrected chi connectivity index (χ0v) is 17.8. The van der Waals surface area contributed by atoms with Crippen LogP contribution < -0.4 is 5.14 Å². The van der Waals surface area contributed by atoms with Crippen LogP contribution >= 0.6 is 11.6 Å². The smallest absolute Gasteiger partial charge is 0.338 e. The topological polar surface area (TPSA) is 108 Å². The molecule has 9 heteroatoms. The van der Waals surface area contributed by atoms with Gasteiger partial charge in [0.15, 0.2) is 6.61 Å². The van der Waals surface area contributed by atoms with E-state index in [4.69, 9.17) is 21.5 Å². The average molecular weight is 447 g/mol. The maximum Gasteiger partial charge on any atom is 0.338 e. The Labute approximate surface area is 179 Å². The standard InChI is InChI=1S/C21H19ClN2O5S/c1-13-10-19(20(25)12-29-21(26)15-4-3-5-16(22)11-15)14(2)24(13)17-6-8-18(9-7-17)30(23,27)28/h3-11H,12H2,1-2H3,(H2,23,27,28). The molecule has 0 bridgehead atoms. The van der Waals surface area contributed by atoms with E-state index < -0.39 is 22.6 Å². The van der Waals surface area contributed by atoms with Gasteiger partial charge in [-0.15, -0.1) is 0 Å². The second kappa shape index (κ2) is 8.43. The second-order valence-electron chi connectivity index (χ2n) is 6.67. The van der Waals surface area contributed by atoms with Gasteiger partial charge in [-0.05, 0) is 62.4 Å². The van der Waals surface area contributed by atoms with Gasteiger partial charge in [-0.2, -0.15) is 0 Å². The molecule has 0 radical (unpaired) electrons. The summed E-state index contributed by atoms with van der Waals surface area (Å²) >= 11 is 5.86. The summed E-state index contributed by atoms with van der Waals surface area (Å²) in [6.45, 7) is 3.15. The van der Waals surface area contributed by atoms with E-state index in [-0.39, 0.29) is 16.2 Å². The highest BCUT2D eigenvalue weighted by molar-refractivity contribution is 7.89. The second-order valence-corrected chi connectivity index (χ2v) is 8.67. The number of halogens is 1. The minimum atomic E-state index is -3.79. The summed E-state index contributed by atoms with van der Waals surface area (Å²) in [6.07, 6.45) is 0. The number of nitrogens with two attached hydrogens (primary N) is 1. The molecule has 0 saturated heterocycles. The summed E-state index contributed by atoms with van der Waals surface area (Å²) in [5.74, 6) is -0.996. The molecule has 0 saturated carbocycles. The van der Waals surface area contributed by atoms with Gasteiger partial charge in [0.25, 0.3) is 0 Å². The van der Waals surface area contributed by atoms with E-state index in [1.807, 2.05) is 6.92 Å². The summed E-state index contributed by atoms with van der Waals surface area (Å²) in [5, 5.41) is 5.53. The third-order valence-corrected chi connectivity index (χ3v) is 5.71. The number of carbonyl (C=O) groups is 2. The molecule has 7 nitrogen and oxygen atoms in total. The number of ether oxygens (including phenoxy) is 1. The molecular weight excluding hydrogens is 428 g/mol. The molecule has 1 heterocycles. The van der Waals surface area contributed by atoms with Crippen LogP contribution in [0.4, 0.5) is 0 Å². The van der Waals surface area contributed by atoms with Crippen LogP contribution in [0.2, 0.25) is 5.02 Å². The number of aromatic nitrogens is 1. The van der Waals surface area contributed by atoms with Crippen molar-refractivity contribution in [3.63, 3.8) is 0 Å². The molecule has 2 N–H and O–H groups in total. The van der Waals surface area contributed by atoms with Crippen LogP contribution in [-0.2, 0) is 14.8 Å². The van der Waals surface area contributed by atoms with Crippen LogP contribution in [0, 0.1) is 13.8 Å². The van der Waals surface area contributed by atoms with Gasteiger partial charge >= 0.3 is 5.97 Å². The highest BCUT2D eigenvalue weighted by Gasteiger charge is 2.19. The molecule has 3 aromatic rings. The fourth-order valence-electron chi connectivity index (χ4n) is 3.13. The quantitative estimate of drug-likeness (QED) is 0.461. The Morgan fingerprint density at radius 2 is 1.73 bits per heavy atom. The molecule has 0 spiro atoms. The number of rotatable bonds is 6. The lowest BCUT2D eigenvalue weighted by Gasteiger charge is -2.10. The van der Waals surface area contributed by atoms with Crippen molar-refractivity contribution in [1.82, 2.24) is 4.57 Å². The van der Waals surface area contributed by atoms with E-state index in [1.54, 1.807) is 47.9 Å². The Kier molecular flexibility index (Phi) is 6.12. The first-order valence-electron chi connectivity index (χ1n) is 8.86. The normalized spacial score (nSPS) is 11.3. The van der Waals surface area contributed by atoms with E-state index in [1.165, 1.54) is 18.2 Å². The van der Waals surface area contributed by atoms with Gasteiger partial charge in [-0.25, -0.2) is 18.4 Å². The number of benzene rings is 2. The third-order valence-electron chi connectivity index (χ3n) is 4.55. The van der Waals surface area contributed by atoms with Crippen LogP contribution in [0.15, 0.2) is 59.5 Å². The summed E-state index contributed by atoms with van der Waals surface area (Å²) in [5.41, 5.74) is 2.74. The lowest BCUT2D eigenvalue weighted by atomic mass is 10.1. The Morgan fingerprint density at radius 1 is 1.07 bits per heavy atom. The molecule has 156 valence electrons. The number of aryl methyl sites for hydroxylation is 1. The van der Waals surface area contributed by atoms with Gasteiger partial charge in [-0.1, -0.05) is 17.7 Å². The van der Waals surface area contributed by atoms with Gasteiger partial charge < -0.3 is 9.30 Å². The molecule has 0 atom stereocenters. The van der Waals surface area contributed by atoms with Gasteiger partial charge in [0.05, 0.1) is 10.5 Å².